The molecule has 7 heteroatoms. The molecule has 3 rings (SSSR count). The maximum atomic E-state index is 13.0. The summed E-state index contributed by atoms with van der Waals surface area (Å²) in [4.78, 5) is 23.1. The first kappa shape index (κ1) is 17.9. The summed E-state index contributed by atoms with van der Waals surface area (Å²) >= 11 is 6.08. The number of pyridine rings is 2. The first-order valence-electron chi connectivity index (χ1n) is 8.48. The van der Waals surface area contributed by atoms with Crippen LogP contribution in [0.15, 0.2) is 24.5 Å². The highest BCUT2D eigenvalue weighted by atomic mass is 35.5. The number of carbonyl (C=O) groups excluding carboxylic acids is 1. The molecule has 3 heterocycles. The van der Waals surface area contributed by atoms with E-state index in [9.17, 15) is 4.79 Å². The Balaban J connectivity index is 2.07. The van der Waals surface area contributed by atoms with Crippen molar-refractivity contribution in [3.63, 3.8) is 0 Å². The molecule has 0 radical (unpaired) electrons. The summed E-state index contributed by atoms with van der Waals surface area (Å²) in [7, 11) is 0. The highest BCUT2D eigenvalue weighted by Gasteiger charge is 2.31. The van der Waals surface area contributed by atoms with E-state index < -0.39 is 5.60 Å². The van der Waals surface area contributed by atoms with Gasteiger partial charge in [-0.25, -0.2) is 9.78 Å². The summed E-state index contributed by atoms with van der Waals surface area (Å²) in [6, 6.07) is 3.59. The third-order valence-corrected chi connectivity index (χ3v) is 4.26. The second kappa shape index (κ2) is 7.14. The number of hydrogen-bond donors (Lipinski definition) is 1. The normalized spacial score (nSPS) is 18.2. The van der Waals surface area contributed by atoms with Crippen LogP contribution in [-0.4, -0.2) is 40.8 Å². The van der Waals surface area contributed by atoms with Crippen molar-refractivity contribution >= 4 is 34.3 Å². The van der Waals surface area contributed by atoms with Gasteiger partial charge in [0.2, 0.25) is 0 Å². The van der Waals surface area contributed by atoms with Crippen LogP contribution >= 0.6 is 11.6 Å². The van der Waals surface area contributed by atoms with Crippen LogP contribution in [0, 0.1) is 0 Å². The zero-order valence-electron chi connectivity index (χ0n) is 14.8. The van der Waals surface area contributed by atoms with Gasteiger partial charge in [-0.2, -0.15) is 0 Å². The number of rotatable bonds is 2. The van der Waals surface area contributed by atoms with Crippen LogP contribution in [0.3, 0.4) is 0 Å². The lowest BCUT2D eigenvalue weighted by molar-refractivity contribution is 0.0561. The molecule has 25 heavy (non-hydrogen) atoms. The molecule has 2 aromatic heterocycles. The van der Waals surface area contributed by atoms with E-state index in [0.717, 1.165) is 37.0 Å². The van der Waals surface area contributed by atoms with E-state index in [0.29, 0.717) is 10.7 Å². The molecule has 1 aliphatic heterocycles. The van der Waals surface area contributed by atoms with Gasteiger partial charge in [-0.1, -0.05) is 11.6 Å². The van der Waals surface area contributed by atoms with Crippen molar-refractivity contribution in [2.24, 2.45) is 0 Å². The Bertz CT molecular complexity index is 769. The van der Waals surface area contributed by atoms with Gasteiger partial charge in [0.25, 0.3) is 0 Å². The molecule has 1 atom stereocenters. The summed E-state index contributed by atoms with van der Waals surface area (Å²) in [6.45, 7) is 7.29. The number of nitrogens with one attached hydrogen (secondary N) is 1. The summed E-state index contributed by atoms with van der Waals surface area (Å²) in [6.07, 6.45) is 4.86. The maximum Gasteiger partial charge on any atom is 0.415 e. The fraction of sp³-hybridized carbons (Fsp3) is 0.500. The molecule has 0 saturated carbocycles. The summed E-state index contributed by atoms with van der Waals surface area (Å²) in [5.74, 6) is 0. The number of nitrogens with zero attached hydrogens (tertiary/aromatic N) is 3. The summed E-state index contributed by atoms with van der Waals surface area (Å²) in [5, 5.41) is 4.52. The van der Waals surface area contributed by atoms with Crippen molar-refractivity contribution in [1.82, 2.24) is 15.3 Å². The topological polar surface area (TPSA) is 67.3 Å². The van der Waals surface area contributed by atoms with E-state index in [4.69, 9.17) is 16.3 Å². The van der Waals surface area contributed by atoms with Gasteiger partial charge in [-0.15, -0.1) is 0 Å². The monoisotopic (exact) mass is 362 g/mol. The van der Waals surface area contributed by atoms with E-state index in [1.54, 1.807) is 23.4 Å². The van der Waals surface area contributed by atoms with Crippen LogP contribution in [0.5, 0.6) is 0 Å². The molecule has 1 aliphatic rings. The first-order chi connectivity index (χ1) is 11.8. The summed E-state index contributed by atoms with van der Waals surface area (Å²) in [5.41, 5.74) is 0.871. The van der Waals surface area contributed by atoms with Gasteiger partial charge < -0.3 is 10.1 Å². The first-order valence-corrected chi connectivity index (χ1v) is 8.86. The molecule has 0 bridgehead atoms. The van der Waals surface area contributed by atoms with Crippen LogP contribution in [0.2, 0.25) is 5.15 Å². The summed E-state index contributed by atoms with van der Waals surface area (Å²) < 4.78 is 5.68. The Morgan fingerprint density at radius 1 is 1.40 bits per heavy atom. The predicted molar refractivity (Wildman–Crippen MR) is 99.2 cm³/mol. The molecule has 1 N–H and O–H groups in total. The lowest BCUT2D eigenvalue weighted by Crippen LogP contribution is -2.50. The Labute approximate surface area is 152 Å². The SMILES string of the molecule is CC(C)(C)OC(=O)N(c1ccnc2cnc(Cl)cc12)C1CCCNC1. The number of halogens is 1. The lowest BCUT2D eigenvalue weighted by Gasteiger charge is -2.36. The van der Waals surface area contributed by atoms with Crippen LogP contribution in [-0.2, 0) is 4.74 Å². The minimum Gasteiger partial charge on any atom is -0.443 e. The van der Waals surface area contributed by atoms with Crippen molar-refractivity contribution in [1.29, 1.82) is 0 Å². The van der Waals surface area contributed by atoms with Crippen molar-refractivity contribution in [2.75, 3.05) is 18.0 Å². The van der Waals surface area contributed by atoms with Crippen LogP contribution < -0.4 is 10.2 Å². The third kappa shape index (κ3) is 4.19. The Morgan fingerprint density at radius 2 is 2.20 bits per heavy atom. The minimum atomic E-state index is -0.570. The highest BCUT2D eigenvalue weighted by molar-refractivity contribution is 6.30. The van der Waals surface area contributed by atoms with Gasteiger partial charge in [-0.05, 0) is 52.3 Å². The molecule has 134 valence electrons. The average Bonchev–Trinajstić information content (AvgIpc) is 2.55. The van der Waals surface area contributed by atoms with Gasteiger partial charge in [0.1, 0.15) is 10.8 Å². The number of hydrogen-bond acceptors (Lipinski definition) is 5. The molecular formula is C18H23ClN4O2. The molecular weight excluding hydrogens is 340 g/mol. The fourth-order valence-electron chi connectivity index (χ4n) is 3.03. The molecule has 0 spiro atoms. The van der Waals surface area contributed by atoms with E-state index in [-0.39, 0.29) is 12.1 Å². The fourth-order valence-corrected chi connectivity index (χ4v) is 3.19. The number of piperidine rings is 1. The zero-order chi connectivity index (χ0) is 18.0. The van der Waals surface area contributed by atoms with E-state index in [1.807, 2.05) is 26.8 Å². The number of ether oxygens (including phenoxy) is 1. The largest absolute Gasteiger partial charge is 0.443 e. The molecule has 1 fully saturated rings. The third-order valence-electron chi connectivity index (χ3n) is 4.06. The van der Waals surface area contributed by atoms with Crippen LogP contribution in [0.25, 0.3) is 10.9 Å². The Kier molecular flexibility index (Phi) is 5.11. The van der Waals surface area contributed by atoms with Gasteiger partial charge in [0, 0.05) is 18.1 Å². The Morgan fingerprint density at radius 3 is 2.88 bits per heavy atom. The molecule has 1 amide bonds. The van der Waals surface area contributed by atoms with Gasteiger partial charge in [-0.3, -0.25) is 9.88 Å². The van der Waals surface area contributed by atoms with Crippen molar-refractivity contribution in [3.8, 4) is 0 Å². The quantitative estimate of drug-likeness (QED) is 0.823. The van der Waals surface area contributed by atoms with Gasteiger partial charge in [0.05, 0.1) is 23.4 Å². The van der Waals surface area contributed by atoms with Crippen LogP contribution in [0.4, 0.5) is 10.5 Å². The van der Waals surface area contributed by atoms with Crippen molar-refractivity contribution in [3.05, 3.63) is 29.7 Å². The highest BCUT2D eigenvalue weighted by Crippen LogP contribution is 2.31. The average molecular weight is 363 g/mol. The number of carbonyl (C=O) groups is 1. The Hall–Kier alpha value is -1.92. The second-order valence-electron chi connectivity index (χ2n) is 7.20. The molecule has 0 aliphatic carbocycles. The molecule has 1 unspecified atom stereocenters. The number of aromatic nitrogens is 2. The van der Waals surface area contributed by atoms with Gasteiger partial charge in [0.15, 0.2) is 0 Å². The molecule has 6 nitrogen and oxygen atoms in total. The van der Waals surface area contributed by atoms with Crippen LogP contribution in [0.1, 0.15) is 33.6 Å². The predicted octanol–water partition coefficient (Wildman–Crippen LogP) is 3.78. The van der Waals surface area contributed by atoms with Crippen molar-refractivity contribution < 1.29 is 9.53 Å². The van der Waals surface area contributed by atoms with E-state index in [2.05, 4.69) is 15.3 Å². The molecule has 1 saturated heterocycles. The number of anilines is 1. The standard InChI is InChI=1S/C18H23ClN4O2/c1-18(2,3)25-17(24)23(12-5-4-7-20-10-12)15-6-8-21-14-11-22-16(19)9-13(14)15/h6,8-9,11-12,20H,4-5,7,10H2,1-3H3. The maximum absolute atomic E-state index is 13.0. The zero-order valence-corrected chi connectivity index (χ0v) is 15.5. The van der Waals surface area contributed by atoms with Crippen molar-refractivity contribution in [2.45, 2.75) is 45.3 Å². The number of amides is 1. The molecule has 0 aromatic carbocycles. The van der Waals surface area contributed by atoms with E-state index >= 15 is 0 Å². The second-order valence-corrected chi connectivity index (χ2v) is 7.59. The molecule has 2 aromatic rings. The smallest absolute Gasteiger partial charge is 0.415 e. The number of fused-ring (bicyclic) bond motifs is 1. The van der Waals surface area contributed by atoms with Gasteiger partial charge >= 0.3 is 6.09 Å². The van der Waals surface area contributed by atoms with E-state index in [1.165, 1.54) is 0 Å². The lowest BCUT2D eigenvalue weighted by atomic mass is 10.0. The minimum absolute atomic E-state index is 0.0149.